The van der Waals surface area contributed by atoms with Crippen molar-refractivity contribution in [2.75, 3.05) is 45.8 Å². The zero-order valence-corrected chi connectivity index (χ0v) is 9.80. The van der Waals surface area contributed by atoms with Gasteiger partial charge in [-0.1, -0.05) is 12.5 Å². The van der Waals surface area contributed by atoms with Gasteiger partial charge in [0.2, 0.25) is 0 Å². The summed E-state index contributed by atoms with van der Waals surface area (Å²) in [5.74, 6) is 0. The van der Waals surface area contributed by atoms with Gasteiger partial charge in [-0.3, -0.25) is 4.90 Å². The van der Waals surface area contributed by atoms with Crippen LogP contribution < -0.4 is 10.6 Å². The van der Waals surface area contributed by atoms with Crippen molar-refractivity contribution in [2.45, 2.75) is 19.3 Å². The molecule has 2 fully saturated rings. The van der Waals surface area contributed by atoms with Crippen molar-refractivity contribution in [3.05, 3.63) is 12.7 Å². The molecule has 0 aliphatic carbocycles. The molecule has 0 aromatic rings. The van der Waals surface area contributed by atoms with Gasteiger partial charge in [-0.2, -0.15) is 0 Å². The quantitative estimate of drug-likeness (QED) is 0.663. The minimum atomic E-state index is 1.08. The van der Waals surface area contributed by atoms with Crippen molar-refractivity contribution in [1.82, 2.24) is 15.5 Å². The molecule has 0 atom stereocenters. The van der Waals surface area contributed by atoms with E-state index in [1.807, 2.05) is 6.08 Å². The van der Waals surface area contributed by atoms with Crippen LogP contribution in [0.2, 0.25) is 0 Å². The highest BCUT2D eigenvalue weighted by Crippen LogP contribution is 2.07. The van der Waals surface area contributed by atoms with Crippen molar-refractivity contribution >= 4 is 0 Å². The Labute approximate surface area is 93.9 Å². The van der Waals surface area contributed by atoms with Crippen LogP contribution in [-0.2, 0) is 0 Å². The van der Waals surface area contributed by atoms with Crippen molar-refractivity contribution in [3.63, 3.8) is 0 Å². The van der Waals surface area contributed by atoms with E-state index in [9.17, 15) is 0 Å². The van der Waals surface area contributed by atoms with Gasteiger partial charge in [0.15, 0.2) is 0 Å². The van der Waals surface area contributed by atoms with Crippen LogP contribution in [0.4, 0.5) is 0 Å². The minimum Gasteiger partial charge on any atom is -0.314 e. The van der Waals surface area contributed by atoms with Crippen LogP contribution in [0.5, 0.6) is 0 Å². The predicted octanol–water partition coefficient (Wildman–Crippen LogP) is 0.838. The minimum absolute atomic E-state index is 1.08. The van der Waals surface area contributed by atoms with E-state index in [4.69, 9.17) is 0 Å². The van der Waals surface area contributed by atoms with E-state index >= 15 is 0 Å². The molecule has 3 heteroatoms. The number of rotatable bonds is 2. The number of nitrogens with one attached hydrogen (secondary N) is 2. The fourth-order valence-corrected chi connectivity index (χ4v) is 1.93. The normalized spacial score (nSPS) is 22.7. The summed E-state index contributed by atoms with van der Waals surface area (Å²) in [5, 5.41) is 6.44. The zero-order valence-electron chi connectivity index (χ0n) is 9.80. The molecule has 0 aromatic heterocycles. The molecule has 2 aliphatic rings. The first-order valence-corrected chi connectivity index (χ1v) is 6.18. The largest absolute Gasteiger partial charge is 0.314 e. The molecule has 2 N–H and O–H groups in total. The molecule has 3 nitrogen and oxygen atoms in total. The highest BCUT2D eigenvalue weighted by Gasteiger charge is 2.06. The lowest BCUT2D eigenvalue weighted by Gasteiger charge is -2.24. The summed E-state index contributed by atoms with van der Waals surface area (Å²) in [6, 6.07) is 0. The smallest absolute Gasteiger partial charge is 0.0160 e. The average Bonchev–Trinajstić information content (AvgIpc) is 2.34. The molecule has 0 radical (unpaired) electrons. The summed E-state index contributed by atoms with van der Waals surface area (Å²) in [5.41, 5.74) is 0. The Morgan fingerprint density at radius 2 is 1.47 bits per heavy atom. The molecule has 2 heterocycles. The Morgan fingerprint density at radius 3 is 1.87 bits per heavy atom. The molecule has 15 heavy (non-hydrogen) atoms. The first-order valence-electron chi connectivity index (χ1n) is 6.18. The Balaban J connectivity index is 0.000000162. The van der Waals surface area contributed by atoms with E-state index in [0.717, 1.165) is 32.7 Å². The van der Waals surface area contributed by atoms with E-state index in [2.05, 4.69) is 22.1 Å². The summed E-state index contributed by atoms with van der Waals surface area (Å²) in [4.78, 5) is 2.45. The summed E-state index contributed by atoms with van der Waals surface area (Å²) in [7, 11) is 0. The molecule has 0 amide bonds. The Morgan fingerprint density at radius 1 is 0.933 bits per heavy atom. The first kappa shape index (κ1) is 12.7. The van der Waals surface area contributed by atoms with Gasteiger partial charge in [-0.05, 0) is 25.9 Å². The molecule has 2 aliphatic heterocycles. The maximum Gasteiger partial charge on any atom is 0.0160 e. The van der Waals surface area contributed by atoms with Gasteiger partial charge < -0.3 is 10.6 Å². The van der Waals surface area contributed by atoms with E-state index in [1.165, 1.54) is 32.4 Å². The van der Waals surface area contributed by atoms with Crippen molar-refractivity contribution in [1.29, 1.82) is 0 Å². The van der Waals surface area contributed by atoms with E-state index in [-0.39, 0.29) is 0 Å². The lowest BCUT2D eigenvalue weighted by atomic mass is 10.1. The first-order chi connectivity index (χ1) is 7.43. The highest BCUT2D eigenvalue weighted by molar-refractivity contribution is 4.75. The van der Waals surface area contributed by atoms with Gasteiger partial charge >= 0.3 is 0 Å². The number of hydrogen-bond acceptors (Lipinski definition) is 3. The van der Waals surface area contributed by atoms with E-state index in [0.29, 0.717) is 0 Å². The molecule has 0 unspecified atom stereocenters. The van der Waals surface area contributed by atoms with Crippen molar-refractivity contribution < 1.29 is 0 Å². The Kier molecular flexibility index (Phi) is 7.52. The maximum atomic E-state index is 3.71. The van der Waals surface area contributed by atoms with Crippen molar-refractivity contribution in [3.8, 4) is 0 Å². The van der Waals surface area contributed by atoms with Crippen LogP contribution >= 0.6 is 0 Å². The second-order valence-corrected chi connectivity index (χ2v) is 4.15. The van der Waals surface area contributed by atoms with Gasteiger partial charge in [0.1, 0.15) is 0 Å². The lowest BCUT2D eigenvalue weighted by molar-refractivity contribution is 0.251. The standard InChI is InChI=1S/C8H15N.C4H10N2/c1-2-6-9-7-4-3-5-8-9;1-2-6-4-3-5-1/h2H,1,3-8H2;5-6H,1-4H2. The van der Waals surface area contributed by atoms with Gasteiger partial charge in [-0.15, -0.1) is 6.58 Å². The molecule has 0 spiro atoms. The Hall–Kier alpha value is -0.380. The lowest BCUT2D eigenvalue weighted by Crippen LogP contribution is -2.39. The number of piperidine rings is 1. The number of hydrogen-bond donors (Lipinski definition) is 2. The van der Waals surface area contributed by atoms with Crippen molar-refractivity contribution in [2.24, 2.45) is 0 Å². The third-order valence-corrected chi connectivity index (χ3v) is 2.79. The number of likely N-dealkylation sites (tertiary alicyclic amines) is 1. The number of nitrogens with zero attached hydrogens (tertiary/aromatic N) is 1. The predicted molar refractivity (Wildman–Crippen MR) is 66.2 cm³/mol. The van der Waals surface area contributed by atoms with Crippen LogP contribution in [0.3, 0.4) is 0 Å². The molecule has 2 saturated heterocycles. The molecular weight excluding hydrogens is 186 g/mol. The van der Waals surface area contributed by atoms with Gasteiger partial charge in [0, 0.05) is 32.7 Å². The number of piperazine rings is 1. The van der Waals surface area contributed by atoms with Crippen LogP contribution in [0.15, 0.2) is 12.7 Å². The van der Waals surface area contributed by atoms with Gasteiger partial charge in [-0.25, -0.2) is 0 Å². The molecule has 0 aromatic carbocycles. The zero-order chi connectivity index (χ0) is 10.8. The van der Waals surface area contributed by atoms with Gasteiger partial charge in [0.05, 0.1) is 0 Å². The van der Waals surface area contributed by atoms with Crippen LogP contribution in [-0.4, -0.2) is 50.7 Å². The summed E-state index contributed by atoms with van der Waals surface area (Å²) in [6.45, 7) is 11.9. The third kappa shape index (κ3) is 6.66. The Bertz CT molecular complexity index is 137. The average molecular weight is 211 g/mol. The van der Waals surface area contributed by atoms with Gasteiger partial charge in [0.25, 0.3) is 0 Å². The molecular formula is C12H25N3. The second-order valence-electron chi connectivity index (χ2n) is 4.15. The molecule has 0 saturated carbocycles. The maximum absolute atomic E-state index is 3.71. The SMILES string of the molecule is C1CNCCN1.C=CCN1CCCCC1. The molecule has 88 valence electrons. The van der Waals surface area contributed by atoms with E-state index < -0.39 is 0 Å². The monoisotopic (exact) mass is 211 g/mol. The highest BCUT2D eigenvalue weighted by atomic mass is 15.1. The second kappa shape index (κ2) is 8.89. The van der Waals surface area contributed by atoms with Crippen LogP contribution in [0.25, 0.3) is 0 Å². The summed E-state index contributed by atoms with van der Waals surface area (Å²) < 4.78 is 0. The fraction of sp³-hybridized carbons (Fsp3) is 0.833. The fourth-order valence-electron chi connectivity index (χ4n) is 1.93. The van der Waals surface area contributed by atoms with Crippen LogP contribution in [0, 0.1) is 0 Å². The van der Waals surface area contributed by atoms with Crippen LogP contribution in [0.1, 0.15) is 19.3 Å². The molecule has 0 bridgehead atoms. The summed E-state index contributed by atoms with van der Waals surface area (Å²) in [6.07, 6.45) is 6.18. The molecule has 2 rings (SSSR count). The third-order valence-electron chi connectivity index (χ3n) is 2.79. The summed E-state index contributed by atoms with van der Waals surface area (Å²) >= 11 is 0. The van der Waals surface area contributed by atoms with E-state index in [1.54, 1.807) is 0 Å². The topological polar surface area (TPSA) is 27.3 Å².